The number of esters is 1. The summed E-state index contributed by atoms with van der Waals surface area (Å²) in [4.78, 5) is 11.2. The molecule has 1 aromatic rings. The monoisotopic (exact) mass is 232 g/mol. The Morgan fingerprint density at radius 1 is 1.27 bits per heavy atom. The standard InChI is InChI=1S/C9H12N2O3.ClH/c1-13-7-4-5(9(12)14-2)3-6(10)8(7)11;/h3-4H,10-11H2,1-2H3;1H. The summed E-state index contributed by atoms with van der Waals surface area (Å²) in [5.41, 5.74) is 12.1. The van der Waals surface area contributed by atoms with Gasteiger partial charge in [-0.25, -0.2) is 4.79 Å². The number of hydrogen-bond donors (Lipinski definition) is 2. The molecule has 1 aromatic carbocycles. The molecule has 6 heteroatoms. The molecule has 0 radical (unpaired) electrons. The molecule has 5 nitrogen and oxygen atoms in total. The van der Waals surface area contributed by atoms with Crippen molar-refractivity contribution in [1.29, 1.82) is 0 Å². The summed E-state index contributed by atoms with van der Waals surface area (Å²) < 4.78 is 9.49. The van der Waals surface area contributed by atoms with Gasteiger partial charge in [0.1, 0.15) is 5.75 Å². The first-order chi connectivity index (χ1) is 6.60. The van der Waals surface area contributed by atoms with Gasteiger partial charge in [0.05, 0.1) is 31.2 Å². The van der Waals surface area contributed by atoms with Crippen molar-refractivity contribution in [2.45, 2.75) is 0 Å². The number of carbonyl (C=O) groups excluding carboxylic acids is 1. The molecule has 84 valence electrons. The van der Waals surface area contributed by atoms with E-state index in [1.54, 1.807) is 0 Å². The van der Waals surface area contributed by atoms with Crippen molar-refractivity contribution in [3.63, 3.8) is 0 Å². The lowest BCUT2D eigenvalue weighted by atomic mass is 10.1. The number of benzene rings is 1. The minimum Gasteiger partial charge on any atom is -0.494 e. The van der Waals surface area contributed by atoms with Gasteiger partial charge < -0.3 is 20.9 Å². The van der Waals surface area contributed by atoms with Crippen molar-refractivity contribution in [1.82, 2.24) is 0 Å². The van der Waals surface area contributed by atoms with Crippen LogP contribution in [0, 0.1) is 0 Å². The van der Waals surface area contributed by atoms with Gasteiger partial charge in [-0.1, -0.05) is 0 Å². The Morgan fingerprint density at radius 3 is 2.33 bits per heavy atom. The number of methoxy groups -OCH3 is 2. The largest absolute Gasteiger partial charge is 0.494 e. The first-order valence-corrected chi connectivity index (χ1v) is 3.91. The number of hydrogen-bond acceptors (Lipinski definition) is 5. The second-order valence-corrected chi connectivity index (χ2v) is 2.67. The Hall–Kier alpha value is -1.62. The summed E-state index contributed by atoms with van der Waals surface area (Å²) in [6.07, 6.45) is 0. The molecule has 0 aliphatic carbocycles. The fourth-order valence-corrected chi connectivity index (χ4v) is 1.05. The Balaban J connectivity index is 0.00000196. The van der Waals surface area contributed by atoms with E-state index in [0.29, 0.717) is 22.7 Å². The fourth-order valence-electron chi connectivity index (χ4n) is 1.05. The average molecular weight is 233 g/mol. The van der Waals surface area contributed by atoms with Gasteiger partial charge in [0, 0.05) is 0 Å². The van der Waals surface area contributed by atoms with Crippen LogP contribution >= 0.6 is 12.4 Å². The van der Waals surface area contributed by atoms with Gasteiger partial charge in [-0.2, -0.15) is 0 Å². The van der Waals surface area contributed by atoms with Crippen molar-refractivity contribution in [2.24, 2.45) is 0 Å². The lowest BCUT2D eigenvalue weighted by Gasteiger charge is -2.09. The highest BCUT2D eigenvalue weighted by Gasteiger charge is 2.11. The predicted molar refractivity (Wildman–Crippen MR) is 60.4 cm³/mol. The van der Waals surface area contributed by atoms with Crippen LogP contribution in [0.4, 0.5) is 11.4 Å². The van der Waals surface area contributed by atoms with E-state index < -0.39 is 5.97 Å². The van der Waals surface area contributed by atoms with Crippen LogP contribution in [0.15, 0.2) is 12.1 Å². The molecule has 0 aliphatic heterocycles. The highest BCUT2D eigenvalue weighted by Crippen LogP contribution is 2.29. The molecule has 0 unspecified atom stereocenters. The maximum atomic E-state index is 11.2. The number of rotatable bonds is 2. The third-order valence-corrected chi connectivity index (χ3v) is 1.82. The van der Waals surface area contributed by atoms with E-state index >= 15 is 0 Å². The molecule has 0 saturated heterocycles. The maximum Gasteiger partial charge on any atom is 0.338 e. The molecule has 4 N–H and O–H groups in total. The van der Waals surface area contributed by atoms with Crippen LogP contribution in [-0.2, 0) is 4.74 Å². The zero-order valence-electron chi connectivity index (χ0n) is 8.44. The second-order valence-electron chi connectivity index (χ2n) is 2.67. The molecule has 0 aromatic heterocycles. The molecular weight excluding hydrogens is 220 g/mol. The van der Waals surface area contributed by atoms with Gasteiger partial charge >= 0.3 is 5.97 Å². The van der Waals surface area contributed by atoms with Gasteiger partial charge in [-0.05, 0) is 12.1 Å². The third kappa shape index (κ3) is 2.66. The summed E-state index contributed by atoms with van der Waals surface area (Å²) in [7, 11) is 2.74. The number of nitrogens with two attached hydrogens (primary N) is 2. The van der Waals surface area contributed by atoms with E-state index in [-0.39, 0.29) is 12.4 Å². The molecular formula is C9H13ClN2O3. The molecule has 0 aliphatic rings. The zero-order chi connectivity index (χ0) is 10.7. The Bertz CT molecular complexity index is 369. The number of ether oxygens (including phenoxy) is 2. The summed E-state index contributed by atoms with van der Waals surface area (Å²) >= 11 is 0. The van der Waals surface area contributed by atoms with Crippen molar-refractivity contribution in [2.75, 3.05) is 25.7 Å². The minimum absolute atomic E-state index is 0. The van der Waals surface area contributed by atoms with E-state index in [4.69, 9.17) is 16.2 Å². The Morgan fingerprint density at radius 2 is 1.87 bits per heavy atom. The van der Waals surface area contributed by atoms with Crippen molar-refractivity contribution < 1.29 is 14.3 Å². The normalized spacial score (nSPS) is 8.93. The second kappa shape index (κ2) is 5.31. The zero-order valence-corrected chi connectivity index (χ0v) is 9.26. The predicted octanol–water partition coefficient (Wildman–Crippen LogP) is 1.07. The highest BCUT2D eigenvalue weighted by molar-refractivity contribution is 5.93. The van der Waals surface area contributed by atoms with E-state index in [0.717, 1.165) is 0 Å². The van der Waals surface area contributed by atoms with Crippen LogP contribution in [0.5, 0.6) is 5.75 Å². The van der Waals surface area contributed by atoms with E-state index in [2.05, 4.69) is 4.74 Å². The maximum absolute atomic E-state index is 11.2. The van der Waals surface area contributed by atoms with Gasteiger partial charge in [-0.3, -0.25) is 0 Å². The molecule has 0 amide bonds. The van der Waals surface area contributed by atoms with Crippen LogP contribution in [-0.4, -0.2) is 20.2 Å². The Kier molecular flexibility index (Phi) is 4.73. The number of nitrogen functional groups attached to an aromatic ring is 2. The number of anilines is 2. The van der Waals surface area contributed by atoms with Crippen LogP contribution in [0.3, 0.4) is 0 Å². The van der Waals surface area contributed by atoms with Gasteiger partial charge in [0.15, 0.2) is 0 Å². The SMILES string of the molecule is COC(=O)c1cc(N)c(N)c(OC)c1.Cl. The number of halogens is 1. The lowest BCUT2D eigenvalue weighted by Crippen LogP contribution is -2.05. The minimum atomic E-state index is -0.477. The summed E-state index contributed by atoms with van der Waals surface area (Å²) in [6, 6.07) is 2.93. The van der Waals surface area contributed by atoms with Crippen LogP contribution in [0.1, 0.15) is 10.4 Å². The molecule has 0 atom stereocenters. The first-order valence-electron chi connectivity index (χ1n) is 3.91. The van der Waals surface area contributed by atoms with E-state index in [1.807, 2.05) is 0 Å². The lowest BCUT2D eigenvalue weighted by molar-refractivity contribution is 0.0600. The first kappa shape index (κ1) is 13.4. The number of carbonyl (C=O) groups is 1. The molecule has 0 saturated carbocycles. The van der Waals surface area contributed by atoms with Crippen LogP contribution in [0.2, 0.25) is 0 Å². The molecule has 0 spiro atoms. The third-order valence-electron chi connectivity index (χ3n) is 1.82. The Labute approximate surface area is 93.7 Å². The van der Waals surface area contributed by atoms with Crippen molar-refractivity contribution in [3.8, 4) is 5.75 Å². The van der Waals surface area contributed by atoms with Gasteiger partial charge in [0.25, 0.3) is 0 Å². The summed E-state index contributed by atoms with van der Waals surface area (Å²) in [5, 5.41) is 0. The molecule has 0 fully saturated rings. The average Bonchev–Trinajstić information content (AvgIpc) is 2.20. The smallest absolute Gasteiger partial charge is 0.338 e. The van der Waals surface area contributed by atoms with E-state index in [9.17, 15) is 4.79 Å². The van der Waals surface area contributed by atoms with Crippen molar-refractivity contribution >= 4 is 29.8 Å². The van der Waals surface area contributed by atoms with E-state index in [1.165, 1.54) is 26.4 Å². The molecule has 0 bridgehead atoms. The molecule has 15 heavy (non-hydrogen) atoms. The molecule has 1 rings (SSSR count). The fraction of sp³-hybridized carbons (Fsp3) is 0.222. The van der Waals surface area contributed by atoms with Crippen LogP contribution < -0.4 is 16.2 Å². The topological polar surface area (TPSA) is 87.6 Å². The van der Waals surface area contributed by atoms with Gasteiger partial charge in [0.2, 0.25) is 0 Å². The van der Waals surface area contributed by atoms with Crippen molar-refractivity contribution in [3.05, 3.63) is 17.7 Å². The highest BCUT2D eigenvalue weighted by atomic mass is 35.5. The van der Waals surface area contributed by atoms with Gasteiger partial charge in [-0.15, -0.1) is 12.4 Å². The summed E-state index contributed by atoms with van der Waals surface area (Å²) in [5.74, 6) is -0.111. The molecule has 0 heterocycles. The van der Waals surface area contributed by atoms with Crippen LogP contribution in [0.25, 0.3) is 0 Å². The summed E-state index contributed by atoms with van der Waals surface area (Å²) in [6.45, 7) is 0. The quantitative estimate of drug-likeness (QED) is 0.588.